The molecule has 1 aliphatic rings. The maximum absolute atomic E-state index is 12.6. The first-order chi connectivity index (χ1) is 16.2. The van der Waals surface area contributed by atoms with E-state index >= 15 is 0 Å². The molecule has 0 unspecified atom stereocenters. The van der Waals surface area contributed by atoms with Crippen molar-refractivity contribution in [3.8, 4) is 0 Å². The summed E-state index contributed by atoms with van der Waals surface area (Å²) in [6.45, 7) is 3.93. The number of aromatic nitrogens is 2. The van der Waals surface area contributed by atoms with Gasteiger partial charge in [0.15, 0.2) is 0 Å². The van der Waals surface area contributed by atoms with Gasteiger partial charge in [-0.05, 0) is 74.7 Å². The molecule has 0 atom stereocenters. The fraction of sp³-hybridized carbons (Fsp3) is 0.250. The summed E-state index contributed by atoms with van der Waals surface area (Å²) in [4.78, 5) is 32.5. The number of rotatable bonds is 8. The van der Waals surface area contributed by atoms with Gasteiger partial charge in [0, 0.05) is 35.1 Å². The molecule has 1 fully saturated rings. The van der Waals surface area contributed by atoms with Crippen LogP contribution in [-0.4, -0.2) is 30.2 Å². The Morgan fingerprint density at radius 2 is 1.56 bits per heavy atom. The standard InChI is InChI=1S/C24H25N5O4S/c1-15-13-16(2)27-24(26-15)29-34(32,33)21-11-9-20(10-12-21)28-23(31)19-5-3-17(4-6-19)14-25-22(30)18-7-8-18/h3-6,9-13,18H,7-8,14H2,1-2H3,(H,25,30)(H,28,31)(H,26,27,29). The second-order valence-corrected chi connectivity index (χ2v) is 9.93. The molecule has 3 aromatic rings. The number of hydrogen-bond acceptors (Lipinski definition) is 6. The summed E-state index contributed by atoms with van der Waals surface area (Å²) in [5.41, 5.74) is 3.11. The summed E-state index contributed by atoms with van der Waals surface area (Å²) in [5, 5.41) is 5.63. The van der Waals surface area contributed by atoms with Gasteiger partial charge in [-0.1, -0.05) is 12.1 Å². The first-order valence-electron chi connectivity index (χ1n) is 10.8. The van der Waals surface area contributed by atoms with E-state index in [0.29, 0.717) is 29.2 Å². The molecule has 34 heavy (non-hydrogen) atoms. The molecule has 10 heteroatoms. The second-order valence-electron chi connectivity index (χ2n) is 8.25. The van der Waals surface area contributed by atoms with Gasteiger partial charge in [0.05, 0.1) is 4.90 Å². The van der Waals surface area contributed by atoms with Crippen LogP contribution in [-0.2, 0) is 21.4 Å². The molecule has 4 rings (SSSR count). The Kier molecular flexibility index (Phi) is 6.60. The molecule has 1 aromatic heterocycles. The van der Waals surface area contributed by atoms with E-state index in [1.54, 1.807) is 44.2 Å². The van der Waals surface area contributed by atoms with Crippen molar-refractivity contribution in [2.24, 2.45) is 5.92 Å². The first kappa shape index (κ1) is 23.4. The molecule has 2 amide bonds. The molecule has 3 N–H and O–H groups in total. The van der Waals surface area contributed by atoms with Gasteiger partial charge in [0.1, 0.15) is 0 Å². The third kappa shape index (κ3) is 5.96. The van der Waals surface area contributed by atoms with E-state index in [9.17, 15) is 18.0 Å². The fourth-order valence-electron chi connectivity index (χ4n) is 3.32. The van der Waals surface area contributed by atoms with Crippen molar-refractivity contribution >= 4 is 33.5 Å². The van der Waals surface area contributed by atoms with Gasteiger partial charge in [-0.25, -0.2) is 23.1 Å². The van der Waals surface area contributed by atoms with Crippen LogP contribution in [0.1, 0.15) is 40.2 Å². The highest BCUT2D eigenvalue weighted by Crippen LogP contribution is 2.28. The third-order valence-electron chi connectivity index (χ3n) is 5.26. The molecule has 0 spiro atoms. The first-order valence-corrected chi connectivity index (χ1v) is 12.3. The van der Waals surface area contributed by atoms with Crippen LogP contribution in [0.25, 0.3) is 0 Å². The Bertz CT molecular complexity index is 1300. The third-order valence-corrected chi connectivity index (χ3v) is 6.61. The van der Waals surface area contributed by atoms with Crippen LogP contribution in [0.2, 0.25) is 0 Å². The smallest absolute Gasteiger partial charge is 0.264 e. The summed E-state index contributed by atoms with van der Waals surface area (Å²) in [7, 11) is -3.88. The van der Waals surface area contributed by atoms with Crippen LogP contribution in [0, 0.1) is 19.8 Å². The number of nitrogens with zero attached hydrogens (tertiary/aromatic N) is 2. The highest BCUT2D eigenvalue weighted by molar-refractivity contribution is 7.92. The minimum absolute atomic E-state index is 0.00503. The zero-order valence-corrected chi connectivity index (χ0v) is 19.6. The number of hydrogen-bond donors (Lipinski definition) is 3. The summed E-state index contributed by atoms with van der Waals surface area (Å²) < 4.78 is 27.7. The number of nitrogens with one attached hydrogen (secondary N) is 3. The van der Waals surface area contributed by atoms with Crippen molar-refractivity contribution in [2.75, 3.05) is 10.0 Å². The molecule has 0 bridgehead atoms. The van der Waals surface area contributed by atoms with Gasteiger partial charge in [-0.15, -0.1) is 0 Å². The van der Waals surface area contributed by atoms with Crippen LogP contribution < -0.4 is 15.4 Å². The Balaban J connectivity index is 1.36. The SMILES string of the molecule is Cc1cc(C)nc(NS(=O)(=O)c2ccc(NC(=O)c3ccc(CNC(=O)C4CC4)cc3)cc2)n1. The Hall–Kier alpha value is -3.79. The van der Waals surface area contributed by atoms with E-state index in [4.69, 9.17) is 0 Å². The number of aryl methyl sites for hydroxylation is 2. The molecular weight excluding hydrogens is 454 g/mol. The van der Waals surface area contributed by atoms with Crippen molar-refractivity contribution in [1.82, 2.24) is 15.3 Å². The second kappa shape index (κ2) is 9.60. The number of amides is 2. The molecule has 0 saturated heterocycles. The summed E-state index contributed by atoms with van der Waals surface area (Å²) >= 11 is 0. The Labute approximate surface area is 198 Å². The highest BCUT2D eigenvalue weighted by atomic mass is 32.2. The predicted molar refractivity (Wildman–Crippen MR) is 128 cm³/mol. The van der Waals surface area contributed by atoms with Crippen LogP contribution >= 0.6 is 0 Å². The van der Waals surface area contributed by atoms with Gasteiger partial charge >= 0.3 is 0 Å². The minimum atomic E-state index is -3.88. The monoisotopic (exact) mass is 479 g/mol. The van der Waals surface area contributed by atoms with Gasteiger partial charge in [0.2, 0.25) is 11.9 Å². The highest BCUT2D eigenvalue weighted by Gasteiger charge is 2.29. The van der Waals surface area contributed by atoms with Crippen molar-refractivity contribution < 1.29 is 18.0 Å². The summed E-state index contributed by atoms with van der Waals surface area (Å²) in [6.07, 6.45) is 1.91. The van der Waals surface area contributed by atoms with E-state index in [-0.39, 0.29) is 28.6 Å². The van der Waals surface area contributed by atoms with Crippen molar-refractivity contribution in [3.63, 3.8) is 0 Å². The molecule has 0 radical (unpaired) electrons. The number of anilines is 2. The minimum Gasteiger partial charge on any atom is -0.352 e. The number of carbonyl (C=O) groups excluding carboxylic acids is 2. The quantitative estimate of drug-likeness (QED) is 0.455. The lowest BCUT2D eigenvalue weighted by Crippen LogP contribution is -2.24. The lowest BCUT2D eigenvalue weighted by Gasteiger charge is -2.10. The zero-order chi connectivity index (χ0) is 24.3. The maximum Gasteiger partial charge on any atom is 0.264 e. The fourth-order valence-corrected chi connectivity index (χ4v) is 4.27. The lowest BCUT2D eigenvalue weighted by atomic mass is 10.1. The molecule has 9 nitrogen and oxygen atoms in total. The molecule has 176 valence electrons. The van der Waals surface area contributed by atoms with Gasteiger partial charge < -0.3 is 10.6 Å². The molecule has 1 saturated carbocycles. The zero-order valence-electron chi connectivity index (χ0n) is 18.8. The summed E-state index contributed by atoms with van der Waals surface area (Å²) in [6, 6.07) is 14.5. The van der Waals surface area contributed by atoms with Crippen molar-refractivity contribution in [2.45, 2.75) is 38.1 Å². The van der Waals surface area contributed by atoms with Gasteiger partial charge in [0.25, 0.3) is 15.9 Å². The topological polar surface area (TPSA) is 130 Å². The molecule has 1 aliphatic carbocycles. The van der Waals surface area contributed by atoms with Crippen molar-refractivity contribution in [3.05, 3.63) is 77.1 Å². The van der Waals surface area contributed by atoms with Crippen LogP contribution in [0.15, 0.2) is 59.5 Å². The normalized spacial score (nSPS) is 13.2. The molecule has 0 aliphatic heterocycles. The largest absolute Gasteiger partial charge is 0.352 e. The van der Waals surface area contributed by atoms with E-state index in [0.717, 1.165) is 18.4 Å². The van der Waals surface area contributed by atoms with Crippen molar-refractivity contribution in [1.29, 1.82) is 0 Å². The van der Waals surface area contributed by atoms with Gasteiger partial charge in [-0.3, -0.25) is 9.59 Å². The molecule has 2 aromatic carbocycles. The lowest BCUT2D eigenvalue weighted by molar-refractivity contribution is -0.122. The molecular formula is C24H25N5O4S. The average molecular weight is 480 g/mol. The van der Waals surface area contributed by atoms with Crippen LogP contribution in [0.4, 0.5) is 11.6 Å². The number of benzene rings is 2. The molecule has 1 heterocycles. The Morgan fingerprint density at radius 1 is 0.941 bits per heavy atom. The average Bonchev–Trinajstić information content (AvgIpc) is 3.63. The Morgan fingerprint density at radius 3 is 2.15 bits per heavy atom. The summed E-state index contributed by atoms with van der Waals surface area (Å²) in [5.74, 6) is -0.0948. The number of carbonyl (C=O) groups is 2. The van der Waals surface area contributed by atoms with Gasteiger partial charge in [-0.2, -0.15) is 0 Å². The van der Waals surface area contributed by atoms with Crippen LogP contribution in [0.3, 0.4) is 0 Å². The van der Waals surface area contributed by atoms with E-state index in [1.165, 1.54) is 24.3 Å². The maximum atomic E-state index is 12.6. The van der Waals surface area contributed by atoms with E-state index in [2.05, 4.69) is 25.3 Å². The van der Waals surface area contributed by atoms with E-state index in [1.807, 2.05) is 0 Å². The van der Waals surface area contributed by atoms with E-state index < -0.39 is 10.0 Å². The van der Waals surface area contributed by atoms with Crippen LogP contribution in [0.5, 0.6) is 0 Å². The predicted octanol–water partition coefficient (Wildman–Crippen LogP) is 3.17. The number of sulfonamides is 1.